The summed E-state index contributed by atoms with van der Waals surface area (Å²) < 4.78 is 0. The second-order valence-corrected chi connectivity index (χ2v) is 16.0. The molecule has 0 bridgehead atoms. The van der Waals surface area contributed by atoms with Crippen LogP contribution in [0.2, 0.25) is 0 Å². The number of fused-ring (bicyclic) bond motifs is 9. The van der Waals surface area contributed by atoms with Gasteiger partial charge in [-0.3, -0.25) is 0 Å². The number of hydrogen-bond donors (Lipinski definition) is 0. The molecular formula is C59H37N3. The van der Waals surface area contributed by atoms with Gasteiger partial charge in [0.25, 0.3) is 0 Å². The van der Waals surface area contributed by atoms with Crippen LogP contribution in [-0.4, -0.2) is 15.0 Å². The van der Waals surface area contributed by atoms with E-state index in [1.165, 1.54) is 43.4 Å². The molecule has 62 heavy (non-hydrogen) atoms. The predicted octanol–water partition coefficient (Wildman–Crippen LogP) is 15.6. The molecule has 0 unspecified atom stereocenters. The highest BCUT2D eigenvalue weighted by molar-refractivity contribution is 6.25. The molecular weight excluding hydrogens is 751 g/mol. The fourth-order valence-corrected chi connectivity index (χ4v) is 9.05. The molecule has 288 valence electrons. The van der Waals surface area contributed by atoms with Gasteiger partial charge in [0, 0.05) is 33.0 Å². The van der Waals surface area contributed by atoms with Crippen LogP contribution in [0, 0.1) is 0 Å². The molecule has 0 aliphatic rings. The molecule has 0 N–H and O–H groups in total. The van der Waals surface area contributed by atoms with Crippen molar-refractivity contribution < 1.29 is 0 Å². The summed E-state index contributed by atoms with van der Waals surface area (Å²) in [5, 5.41) is 9.82. The molecule has 3 aromatic heterocycles. The van der Waals surface area contributed by atoms with E-state index in [0.717, 1.165) is 78.0 Å². The SMILES string of the molecule is c1ccc(-c2cc(-c3ccc(-c4ccc5ccc6ccc(-c7ccc(-c8ccc9c%10ccccc%10c%10ccccc%10c9c8)cc7)nc6c5n4)cc3)cc(-c3ccccc3)n2)cc1. The molecule has 12 aromatic rings. The zero-order valence-electron chi connectivity index (χ0n) is 33.7. The van der Waals surface area contributed by atoms with E-state index >= 15 is 0 Å². The number of pyridine rings is 3. The topological polar surface area (TPSA) is 38.7 Å². The largest absolute Gasteiger partial charge is 0.248 e. The third-order valence-corrected chi connectivity index (χ3v) is 12.3. The summed E-state index contributed by atoms with van der Waals surface area (Å²) in [5.74, 6) is 0. The van der Waals surface area contributed by atoms with Crippen LogP contribution in [0.3, 0.4) is 0 Å². The van der Waals surface area contributed by atoms with Gasteiger partial charge in [-0.15, -0.1) is 0 Å². The molecule has 12 rings (SSSR count). The van der Waals surface area contributed by atoms with Crippen LogP contribution >= 0.6 is 0 Å². The van der Waals surface area contributed by atoms with Gasteiger partial charge in [-0.05, 0) is 84.9 Å². The van der Waals surface area contributed by atoms with Crippen LogP contribution in [0.5, 0.6) is 0 Å². The van der Waals surface area contributed by atoms with Crippen molar-refractivity contribution in [1.82, 2.24) is 15.0 Å². The third-order valence-electron chi connectivity index (χ3n) is 12.3. The van der Waals surface area contributed by atoms with Gasteiger partial charge in [-0.2, -0.15) is 0 Å². The van der Waals surface area contributed by atoms with Gasteiger partial charge in [0.2, 0.25) is 0 Å². The Morgan fingerprint density at radius 2 is 0.548 bits per heavy atom. The van der Waals surface area contributed by atoms with Gasteiger partial charge in [0.05, 0.1) is 33.8 Å². The maximum atomic E-state index is 5.27. The van der Waals surface area contributed by atoms with Crippen molar-refractivity contribution in [2.45, 2.75) is 0 Å². The van der Waals surface area contributed by atoms with Crippen molar-refractivity contribution in [1.29, 1.82) is 0 Å². The Labute approximate surface area is 359 Å². The summed E-state index contributed by atoms with van der Waals surface area (Å²) in [6.07, 6.45) is 0. The number of nitrogens with zero attached hydrogens (tertiary/aromatic N) is 3. The first-order valence-electron chi connectivity index (χ1n) is 21.1. The van der Waals surface area contributed by atoms with Crippen LogP contribution < -0.4 is 0 Å². The zero-order chi connectivity index (χ0) is 41.0. The van der Waals surface area contributed by atoms with Gasteiger partial charge in [0.15, 0.2) is 0 Å². The summed E-state index contributed by atoms with van der Waals surface area (Å²) in [5.41, 5.74) is 14.4. The van der Waals surface area contributed by atoms with E-state index in [9.17, 15) is 0 Å². The summed E-state index contributed by atoms with van der Waals surface area (Å²) in [4.78, 5) is 15.6. The van der Waals surface area contributed by atoms with Crippen molar-refractivity contribution >= 4 is 54.1 Å². The molecule has 0 saturated carbocycles. The maximum absolute atomic E-state index is 5.27. The molecule has 3 nitrogen and oxygen atoms in total. The Balaban J connectivity index is 0.873. The first kappa shape index (κ1) is 35.7. The molecule has 9 aromatic carbocycles. The molecule has 3 heterocycles. The molecule has 0 amide bonds. The van der Waals surface area contributed by atoms with Crippen LogP contribution in [-0.2, 0) is 0 Å². The summed E-state index contributed by atoms with van der Waals surface area (Å²) in [7, 11) is 0. The normalized spacial score (nSPS) is 11.5. The smallest absolute Gasteiger partial charge is 0.0972 e. The Bertz CT molecular complexity index is 3560. The molecule has 0 atom stereocenters. The molecule has 0 fully saturated rings. The monoisotopic (exact) mass is 787 g/mol. The quantitative estimate of drug-likeness (QED) is 0.158. The lowest BCUT2D eigenvalue weighted by Gasteiger charge is -2.12. The average molecular weight is 788 g/mol. The summed E-state index contributed by atoms with van der Waals surface area (Å²) >= 11 is 0. The highest BCUT2D eigenvalue weighted by Gasteiger charge is 2.13. The Hall–Kier alpha value is -8.27. The van der Waals surface area contributed by atoms with Gasteiger partial charge in [-0.1, -0.05) is 194 Å². The molecule has 0 aliphatic heterocycles. The third kappa shape index (κ3) is 6.27. The highest BCUT2D eigenvalue weighted by Crippen LogP contribution is 2.38. The minimum atomic E-state index is 0.896. The minimum absolute atomic E-state index is 0.896. The number of benzene rings is 9. The Morgan fingerprint density at radius 1 is 0.194 bits per heavy atom. The summed E-state index contributed by atoms with van der Waals surface area (Å²) in [6.45, 7) is 0. The van der Waals surface area contributed by atoms with Crippen molar-refractivity contribution in [3.05, 3.63) is 224 Å². The van der Waals surface area contributed by atoms with Crippen LogP contribution in [0.4, 0.5) is 0 Å². The molecule has 0 saturated heterocycles. The number of rotatable bonds is 6. The Morgan fingerprint density at radius 3 is 1.03 bits per heavy atom. The van der Waals surface area contributed by atoms with E-state index < -0.39 is 0 Å². The highest BCUT2D eigenvalue weighted by atomic mass is 14.8. The second kappa shape index (κ2) is 14.8. The predicted molar refractivity (Wildman–Crippen MR) is 260 cm³/mol. The first-order valence-corrected chi connectivity index (χ1v) is 21.1. The summed E-state index contributed by atoms with van der Waals surface area (Å²) in [6, 6.07) is 79.8. The number of hydrogen-bond acceptors (Lipinski definition) is 3. The fourth-order valence-electron chi connectivity index (χ4n) is 9.05. The lowest BCUT2D eigenvalue weighted by atomic mass is 9.92. The Kier molecular flexibility index (Phi) is 8.50. The maximum Gasteiger partial charge on any atom is 0.0972 e. The molecule has 0 radical (unpaired) electrons. The molecule has 3 heteroatoms. The standard InChI is InChI=1S/C59H37N3/c1-3-11-40(12-4-1)56-36-47(37-57(60-56)41-13-5-2-6-14-41)39-21-25-43(26-22-39)55-34-31-45-28-27-44-30-33-54(61-58(44)59(45)62-55)42-23-19-38(20-24-42)46-29-32-52-50-17-8-7-15-48(50)49-16-9-10-18-51(49)53(52)35-46/h1-37H. The van der Waals surface area contributed by atoms with Crippen LogP contribution in [0.15, 0.2) is 224 Å². The first-order chi connectivity index (χ1) is 30.7. The minimum Gasteiger partial charge on any atom is -0.248 e. The lowest BCUT2D eigenvalue weighted by Crippen LogP contribution is -1.92. The molecule has 0 spiro atoms. The van der Waals surface area contributed by atoms with E-state index in [4.69, 9.17) is 15.0 Å². The van der Waals surface area contributed by atoms with Gasteiger partial charge in [0.1, 0.15) is 0 Å². The van der Waals surface area contributed by atoms with E-state index in [-0.39, 0.29) is 0 Å². The fraction of sp³-hybridized carbons (Fsp3) is 0. The van der Waals surface area contributed by atoms with Crippen molar-refractivity contribution in [2.75, 3.05) is 0 Å². The van der Waals surface area contributed by atoms with Gasteiger partial charge < -0.3 is 0 Å². The van der Waals surface area contributed by atoms with Crippen molar-refractivity contribution in [3.8, 4) is 67.3 Å². The van der Waals surface area contributed by atoms with E-state index in [1.54, 1.807) is 0 Å². The lowest BCUT2D eigenvalue weighted by molar-refractivity contribution is 1.32. The number of aromatic nitrogens is 3. The van der Waals surface area contributed by atoms with Crippen molar-refractivity contribution in [2.24, 2.45) is 0 Å². The molecule has 0 aliphatic carbocycles. The zero-order valence-corrected chi connectivity index (χ0v) is 33.7. The van der Waals surface area contributed by atoms with Crippen LogP contribution in [0.25, 0.3) is 121 Å². The van der Waals surface area contributed by atoms with Crippen molar-refractivity contribution in [3.63, 3.8) is 0 Å². The van der Waals surface area contributed by atoms with E-state index in [2.05, 4.69) is 212 Å². The van der Waals surface area contributed by atoms with E-state index in [0.29, 0.717) is 0 Å². The van der Waals surface area contributed by atoms with E-state index in [1.807, 2.05) is 12.1 Å². The van der Waals surface area contributed by atoms with Gasteiger partial charge in [-0.25, -0.2) is 15.0 Å². The van der Waals surface area contributed by atoms with Crippen LogP contribution in [0.1, 0.15) is 0 Å². The second-order valence-electron chi connectivity index (χ2n) is 16.0. The average Bonchev–Trinajstić information content (AvgIpc) is 3.36. The van der Waals surface area contributed by atoms with Gasteiger partial charge >= 0.3 is 0 Å².